The topological polar surface area (TPSA) is 86.8 Å². The minimum absolute atomic E-state index is 0.0162. The Kier molecular flexibility index (Phi) is 8.47. The first-order valence-electron chi connectivity index (χ1n) is 11.0. The van der Waals surface area contributed by atoms with Gasteiger partial charge in [0.25, 0.3) is 0 Å². The average Bonchev–Trinajstić information content (AvgIpc) is 2.71. The quantitative estimate of drug-likeness (QED) is 0.612. The van der Waals surface area contributed by atoms with Crippen LogP contribution in [0.25, 0.3) is 0 Å². The molecule has 2 aromatic rings. The molecule has 0 saturated carbocycles. The normalized spacial score (nSPS) is 12.7. The van der Waals surface area contributed by atoms with Crippen molar-refractivity contribution in [3.8, 4) is 0 Å². The molecule has 1 atom stereocenters. The first-order chi connectivity index (χ1) is 15.6. The van der Waals surface area contributed by atoms with Gasteiger partial charge in [0.2, 0.25) is 21.8 Å². The van der Waals surface area contributed by atoms with E-state index in [0.717, 1.165) is 21.7 Å². The van der Waals surface area contributed by atoms with Crippen molar-refractivity contribution in [1.82, 2.24) is 10.2 Å². The van der Waals surface area contributed by atoms with Crippen LogP contribution in [-0.4, -0.2) is 49.5 Å². The van der Waals surface area contributed by atoms with Crippen LogP contribution in [-0.2, 0) is 26.2 Å². The monoisotopic (exact) mass is 491 g/mol. The van der Waals surface area contributed by atoms with Crippen molar-refractivity contribution in [1.29, 1.82) is 0 Å². The molecule has 0 fully saturated rings. The molecule has 2 rings (SSSR count). The van der Waals surface area contributed by atoms with E-state index in [9.17, 15) is 22.4 Å². The van der Waals surface area contributed by atoms with Gasteiger partial charge in [-0.05, 0) is 82.5 Å². The fourth-order valence-electron chi connectivity index (χ4n) is 3.34. The van der Waals surface area contributed by atoms with Gasteiger partial charge in [0.05, 0.1) is 11.9 Å². The molecule has 7 nitrogen and oxygen atoms in total. The maximum atomic E-state index is 13.5. The third kappa shape index (κ3) is 7.55. The lowest BCUT2D eigenvalue weighted by Gasteiger charge is -2.33. The highest BCUT2D eigenvalue weighted by atomic mass is 32.2. The Hall–Kier alpha value is -2.94. The standard InChI is InChI=1S/C25H34FN3O4S/c1-17-8-13-22(14-18(17)2)29(34(7,32)33)16-23(30)28(15-20-9-11-21(26)12-10-20)19(3)24(31)27-25(4,5)6/h8-14,19H,15-16H2,1-7H3,(H,27,31)/t19-/m0/s1. The molecule has 0 saturated heterocycles. The van der Waals surface area contributed by atoms with Gasteiger partial charge in [-0.25, -0.2) is 12.8 Å². The summed E-state index contributed by atoms with van der Waals surface area (Å²) in [4.78, 5) is 27.7. The van der Waals surface area contributed by atoms with Gasteiger partial charge >= 0.3 is 0 Å². The third-order valence-electron chi connectivity index (χ3n) is 5.39. The second kappa shape index (κ2) is 10.5. The average molecular weight is 492 g/mol. The van der Waals surface area contributed by atoms with Crippen LogP contribution < -0.4 is 9.62 Å². The number of benzene rings is 2. The molecule has 0 spiro atoms. The number of hydrogen-bond donors (Lipinski definition) is 1. The molecule has 0 bridgehead atoms. The number of amides is 2. The van der Waals surface area contributed by atoms with Gasteiger partial charge in [0, 0.05) is 12.1 Å². The first kappa shape index (κ1) is 27.3. The zero-order chi connectivity index (χ0) is 25.8. The van der Waals surface area contributed by atoms with Crippen LogP contribution in [0.15, 0.2) is 42.5 Å². The van der Waals surface area contributed by atoms with E-state index in [4.69, 9.17) is 0 Å². The highest BCUT2D eigenvalue weighted by Crippen LogP contribution is 2.22. The summed E-state index contributed by atoms with van der Waals surface area (Å²) in [6.45, 7) is 10.4. The van der Waals surface area contributed by atoms with Crippen molar-refractivity contribution in [3.05, 3.63) is 65.0 Å². The Bertz CT molecular complexity index is 1140. The maximum absolute atomic E-state index is 13.5. The van der Waals surface area contributed by atoms with Gasteiger partial charge in [-0.3, -0.25) is 13.9 Å². The number of sulfonamides is 1. The SMILES string of the molecule is Cc1ccc(N(CC(=O)N(Cc2ccc(F)cc2)[C@@H](C)C(=O)NC(C)(C)C)S(C)(=O)=O)cc1C. The van der Waals surface area contributed by atoms with Gasteiger partial charge in [0.15, 0.2) is 0 Å². The van der Waals surface area contributed by atoms with Crippen molar-refractivity contribution in [3.63, 3.8) is 0 Å². The molecule has 0 aliphatic carbocycles. The molecule has 9 heteroatoms. The van der Waals surface area contributed by atoms with Crippen molar-refractivity contribution < 1.29 is 22.4 Å². The molecule has 186 valence electrons. The summed E-state index contributed by atoms with van der Waals surface area (Å²) in [5.41, 5.74) is 2.34. The molecule has 2 aromatic carbocycles. The highest BCUT2D eigenvalue weighted by molar-refractivity contribution is 7.92. The fraction of sp³-hybridized carbons (Fsp3) is 0.440. The van der Waals surface area contributed by atoms with E-state index in [1.165, 1.54) is 29.2 Å². The van der Waals surface area contributed by atoms with Crippen molar-refractivity contribution >= 4 is 27.5 Å². The largest absolute Gasteiger partial charge is 0.350 e. The van der Waals surface area contributed by atoms with Crippen LogP contribution in [0.4, 0.5) is 10.1 Å². The highest BCUT2D eigenvalue weighted by Gasteiger charge is 2.31. The number of aryl methyl sites for hydroxylation is 2. The number of hydrogen-bond acceptors (Lipinski definition) is 4. The smallest absolute Gasteiger partial charge is 0.244 e. The second-order valence-corrected chi connectivity index (χ2v) is 11.5. The van der Waals surface area contributed by atoms with Crippen LogP contribution in [0, 0.1) is 19.7 Å². The molecule has 0 unspecified atom stereocenters. The lowest BCUT2D eigenvalue weighted by atomic mass is 10.1. The zero-order valence-electron chi connectivity index (χ0n) is 20.8. The molecule has 0 aliphatic rings. The van der Waals surface area contributed by atoms with Gasteiger partial charge in [-0.2, -0.15) is 0 Å². The van der Waals surface area contributed by atoms with E-state index in [2.05, 4.69) is 5.32 Å². The van der Waals surface area contributed by atoms with Crippen LogP contribution in [0.2, 0.25) is 0 Å². The molecule has 34 heavy (non-hydrogen) atoms. The summed E-state index contributed by atoms with van der Waals surface area (Å²) in [6, 6.07) is 9.87. The minimum Gasteiger partial charge on any atom is -0.350 e. The number of nitrogens with one attached hydrogen (secondary N) is 1. The number of rotatable bonds is 8. The van der Waals surface area contributed by atoms with Gasteiger partial charge in [-0.15, -0.1) is 0 Å². The summed E-state index contributed by atoms with van der Waals surface area (Å²) in [5, 5.41) is 2.85. The molecule has 0 heterocycles. The molecule has 0 aliphatic heterocycles. The number of nitrogens with zero attached hydrogens (tertiary/aromatic N) is 2. The molecule has 2 amide bonds. The van der Waals surface area contributed by atoms with E-state index in [-0.39, 0.29) is 12.5 Å². The van der Waals surface area contributed by atoms with Crippen LogP contribution in [0.1, 0.15) is 44.4 Å². The minimum atomic E-state index is -3.79. The summed E-state index contributed by atoms with van der Waals surface area (Å²) in [6.07, 6.45) is 1.04. The number of halogens is 1. The Morgan fingerprint density at radius 3 is 2.12 bits per heavy atom. The van der Waals surface area contributed by atoms with Gasteiger partial charge < -0.3 is 10.2 Å². The summed E-state index contributed by atoms with van der Waals surface area (Å²) < 4.78 is 39.6. The number of anilines is 1. The molecular formula is C25H34FN3O4S. The maximum Gasteiger partial charge on any atom is 0.244 e. The number of carbonyl (C=O) groups is 2. The molecule has 0 aromatic heterocycles. The van der Waals surface area contributed by atoms with Crippen molar-refractivity contribution in [2.45, 2.75) is 59.7 Å². The van der Waals surface area contributed by atoms with E-state index in [1.54, 1.807) is 25.1 Å². The van der Waals surface area contributed by atoms with Crippen molar-refractivity contribution in [2.24, 2.45) is 0 Å². The van der Waals surface area contributed by atoms with Gasteiger partial charge in [-0.1, -0.05) is 18.2 Å². The van der Waals surface area contributed by atoms with Gasteiger partial charge in [0.1, 0.15) is 18.4 Å². The summed E-state index contributed by atoms with van der Waals surface area (Å²) in [7, 11) is -3.79. The number of carbonyl (C=O) groups excluding carboxylic acids is 2. The van der Waals surface area contributed by atoms with Crippen LogP contribution in [0.5, 0.6) is 0 Å². The lowest BCUT2D eigenvalue weighted by molar-refractivity contribution is -0.140. The summed E-state index contributed by atoms with van der Waals surface area (Å²) in [5.74, 6) is -1.34. The van der Waals surface area contributed by atoms with Crippen LogP contribution >= 0.6 is 0 Å². The first-order valence-corrected chi connectivity index (χ1v) is 12.8. The van der Waals surface area contributed by atoms with E-state index in [1.807, 2.05) is 34.6 Å². The zero-order valence-corrected chi connectivity index (χ0v) is 21.7. The second-order valence-electron chi connectivity index (χ2n) is 9.60. The summed E-state index contributed by atoms with van der Waals surface area (Å²) >= 11 is 0. The molecule has 0 radical (unpaired) electrons. The predicted octanol–water partition coefficient (Wildman–Crippen LogP) is 3.54. The predicted molar refractivity (Wildman–Crippen MR) is 132 cm³/mol. The Balaban J connectivity index is 2.41. The Labute approximate surface area is 202 Å². The van der Waals surface area contributed by atoms with E-state index >= 15 is 0 Å². The van der Waals surface area contributed by atoms with Crippen molar-refractivity contribution in [2.75, 3.05) is 17.1 Å². The van der Waals surface area contributed by atoms with Crippen LogP contribution in [0.3, 0.4) is 0 Å². The van der Waals surface area contributed by atoms with E-state index < -0.39 is 39.9 Å². The third-order valence-corrected chi connectivity index (χ3v) is 6.53. The molecular weight excluding hydrogens is 457 g/mol. The fourth-order valence-corrected chi connectivity index (χ4v) is 4.18. The Morgan fingerprint density at radius 1 is 1.03 bits per heavy atom. The lowest BCUT2D eigenvalue weighted by Crippen LogP contribution is -2.54. The Morgan fingerprint density at radius 2 is 1.62 bits per heavy atom. The van der Waals surface area contributed by atoms with E-state index in [0.29, 0.717) is 11.3 Å². The molecule has 1 N–H and O–H groups in total.